The molecule has 0 amide bonds. The summed E-state index contributed by atoms with van der Waals surface area (Å²) in [5.41, 5.74) is 0. The van der Waals surface area contributed by atoms with E-state index in [4.69, 9.17) is 9.47 Å². The Kier molecular flexibility index (Phi) is 15.0. The summed E-state index contributed by atoms with van der Waals surface area (Å²) >= 11 is 0. The minimum Gasteiger partial charge on any atom is -0.747 e. The molecule has 0 aliphatic rings. The maximum atomic E-state index is 12.2. The molecule has 0 bridgehead atoms. The van der Waals surface area contributed by atoms with Crippen LogP contribution >= 0.6 is 0 Å². The molecule has 172 valence electrons. The molecular formula is C21H39O7S-. The van der Waals surface area contributed by atoms with Gasteiger partial charge in [0.2, 0.25) is 0 Å². The minimum atomic E-state index is -5.02. The van der Waals surface area contributed by atoms with Gasteiger partial charge < -0.3 is 14.0 Å². The summed E-state index contributed by atoms with van der Waals surface area (Å²) in [6.07, 6.45) is 7.79. The Morgan fingerprint density at radius 1 is 0.828 bits per heavy atom. The summed E-state index contributed by atoms with van der Waals surface area (Å²) in [6, 6.07) is 0. The van der Waals surface area contributed by atoms with Gasteiger partial charge in [0.05, 0.1) is 19.6 Å². The maximum Gasteiger partial charge on any atom is 0.323 e. The van der Waals surface area contributed by atoms with Crippen molar-refractivity contribution in [3.8, 4) is 0 Å². The smallest absolute Gasteiger partial charge is 0.323 e. The Bertz CT molecular complexity index is 559. The van der Waals surface area contributed by atoms with Gasteiger partial charge in [-0.1, -0.05) is 72.6 Å². The molecule has 7 nitrogen and oxygen atoms in total. The van der Waals surface area contributed by atoms with Crippen molar-refractivity contribution in [1.82, 2.24) is 0 Å². The molecule has 0 rings (SSSR count). The second kappa shape index (κ2) is 15.7. The lowest BCUT2D eigenvalue weighted by Crippen LogP contribution is -2.35. The van der Waals surface area contributed by atoms with Crippen molar-refractivity contribution in [3.05, 3.63) is 0 Å². The van der Waals surface area contributed by atoms with E-state index in [1.165, 1.54) is 0 Å². The molecule has 0 aromatic heterocycles. The summed E-state index contributed by atoms with van der Waals surface area (Å²) in [5, 5.41) is -2.06. The van der Waals surface area contributed by atoms with Crippen LogP contribution in [0.25, 0.3) is 0 Å². The van der Waals surface area contributed by atoms with Gasteiger partial charge in [-0.2, -0.15) is 0 Å². The van der Waals surface area contributed by atoms with Gasteiger partial charge in [-0.05, 0) is 24.7 Å². The third-order valence-corrected chi connectivity index (χ3v) is 6.30. The number of hydrogen-bond acceptors (Lipinski definition) is 7. The van der Waals surface area contributed by atoms with Crippen molar-refractivity contribution in [3.63, 3.8) is 0 Å². The van der Waals surface area contributed by atoms with Gasteiger partial charge in [0.1, 0.15) is 10.1 Å². The summed E-state index contributed by atoms with van der Waals surface area (Å²) in [6.45, 7) is 8.32. The normalized spacial score (nSPS) is 14.8. The summed E-state index contributed by atoms with van der Waals surface area (Å²) in [4.78, 5) is 24.2. The standard InChI is InChI=1S/C21H40O7S/c1-5-9-11-13-18(8-4)15-27-20(22)14-19(29(24,25)26)21(23)28-16-17(7-3)12-10-6-2/h17-19H,5-16H2,1-4H3,(H,24,25,26)/p-1. The average Bonchev–Trinajstić information content (AvgIpc) is 2.67. The third kappa shape index (κ3) is 12.9. The average molecular weight is 436 g/mol. The van der Waals surface area contributed by atoms with E-state index >= 15 is 0 Å². The minimum absolute atomic E-state index is 0.0474. The lowest BCUT2D eigenvalue weighted by molar-refractivity contribution is -0.151. The van der Waals surface area contributed by atoms with Gasteiger partial charge in [0, 0.05) is 0 Å². The van der Waals surface area contributed by atoms with Crippen LogP contribution < -0.4 is 0 Å². The quantitative estimate of drug-likeness (QED) is 0.191. The summed E-state index contributed by atoms with van der Waals surface area (Å²) in [7, 11) is -5.02. The van der Waals surface area contributed by atoms with Gasteiger partial charge in [0.15, 0.2) is 5.25 Å². The highest BCUT2D eigenvalue weighted by Crippen LogP contribution is 2.17. The van der Waals surface area contributed by atoms with Crippen LogP contribution in [-0.4, -0.2) is 43.4 Å². The van der Waals surface area contributed by atoms with Crippen LogP contribution in [0.1, 0.15) is 91.9 Å². The highest BCUT2D eigenvalue weighted by Gasteiger charge is 2.31. The molecule has 0 aliphatic carbocycles. The molecule has 0 aromatic rings. The van der Waals surface area contributed by atoms with Crippen molar-refractivity contribution in [2.75, 3.05) is 13.2 Å². The Labute approximate surface area is 176 Å². The fraction of sp³-hybridized carbons (Fsp3) is 0.905. The van der Waals surface area contributed by atoms with Crippen LogP contribution in [0, 0.1) is 11.8 Å². The molecule has 0 spiro atoms. The fourth-order valence-corrected chi connectivity index (χ4v) is 3.65. The van der Waals surface area contributed by atoms with Crippen LogP contribution in [0.15, 0.2) is 0 Å². The molecule has 0 radical (unpaired) electrons. The maximum absolute atomic E-state index is 12.2. The van der Waals surface area contributed by atoms with Crippen LogP contribution in [-0.2, 0) is 29.2 Å². The number of esters is 2. The van der Waals surface area contributed by atoms with E-state index in [1.807, 2.05) is 13.8 Å². The molecule has 0 aliphatic heterocycles. The molecule has 0 N–H and O–H groups in total. The number of rotatable bonds is 17. The first-order chi connectivity index (χ1) is 13.7. The van der Waals surface area contributed by atoms with E-state index in [-0.39, 0.29) is 25.0 Å². The highest BCUT2D eigenvalue weighted by atomic mass is 32.2. The third-order valence-electron chi connectivity index (χ3n) is 5.24. The monoisotopic (exact) mass is 435 g/mol. The van der Waals surface area contributed by atoms with Crippen molar-refractivity contribution in [2.24, 2.45) is 11.8 Å². The first-order valence-corrected chi connectivity index (χ1v) is 12.4. The largest absolute Gasteiger partial charge is 0.747 e. The zero-order valence-corrected chi connectivity index (χ0v) is 19.3. The van der Waals surface area contributed by atoms with Crippen LogP contribution in [0.4, 0.5) is 0 Å². The summed E-state index contributed by atoms with van der Waals surface area (Å²) < 4.78 is 44.7. The van der Waals surface area contributed by atoms with Crippen LogP contribution in [0.3, 0.4) is 0 Å². The number of carbonyl (C=O) groups is 2. The molecule has 8 heteroatoms. The number of ether oxygens (including phenoxy) is 2. The van der Waals surface area contributed by atoms with E-state index in [0.717, 1.165) is 57.8 Å². The van der Waals surface area contributed by atoms with Gasteiger partial charge in [-0.3, -0.25) is 9.59 Å². The second-order valence-corrected chi connectivity index (χ2v) is 9.24. The highest BCUT2D eigenvalue weighted by molar-refractivity contribution is 7.87. The number of hydrogen-bond donors (Lipinski definition) is 0. The number of carbonyl (C=O) groups excluding carboxylic acids is 2. The predicted octanol–water partition coefficient (Wildman–Crippen LogP) is 4.20. The Balaban J connectivity index is 4.70. The van der Waals surface area contributed by atoms with Gasteiger partial charge >= 0.3 is 11.9 Å². The topological polar surface area (TPSA) is 110 Å². The van der Waals surface area contributed by atoms with Crippen molar-refractivity contribution < 1.29 is 32.0 Å². The first kappa shape index (κ1) is 27.8. The lowest BCUT2D eigenvalue weighted by atomic mass is 10.00. The molecule has 0 saturated carbocycles. The van der Waals surface area contributed by atoms with Crippen molar-refractivity contribution in [2.45, 2.75) is 97.2 Å². The Morgan fingerprint density at radius 2 is 1.34 bits per heavy atom. The number of unbranched alkanes of at least 4 members (excludes halogenated alkanes) is 3. The molecular weight excluding hydrogens is 396 g/mol. The Hall–Kier alpha value is -1.15. The van der Waals surface area contributed by atoms with Gasteiger partial charge in [-0.15, -0.1) is 0 Å². The summed E-state index contributed by atoms with van der Waals surface area (Å²) in [5.74, 6) is -1.74. The van der Waals surface area contributed by atoms with E-state index in [9.17, 15) is 22.6 Å². The van der Waals surface area contributed by atoms with Crippen LogP contribution in [0.2, 0.25) is 0 Å². The van der Waals surface area contributed by atoms with Crippen molar-refractivity contribution in [1.29, 1.82) is 0 Å². The predicted molar refractivity (Wildman–Crippen MR) is 111 cm³/mol. The van der Waals surface area contributed by atoms with Gasteiger partial charge in [0.25, 0.3) is 0 Å². The molecule has 0 aromatic carbocycles. The lowest BCUT2D eigenvalue weighted by Gasteiger charge is -2.21. The first-order valence-electron chi connectivity index (χ1n) is 11.0. The van der Waals surface area contributed by atoms with Gasteiger partial charge in [-0.25, -0.2) is 8.42 Å². The molecule has 3 atom stereocenters. The zero-order valence-electron chi connectivity index (χ0n) is 18.5. The molecule has 0 heterocycles. The van der Waals surface area contributed by atoms with Crippen molar-refractivity contribution >= 4 is 22.1 Å². The molecule has 3 unspecified atom stereocenters. The molecule has 0 fully saturated rings. The Morgan fingerprint density at radius 3 is 1.83 bits per heavy atom. The van der Waals surface area contributed by atoms with E-state index in [2.05, 4.69) is 13.8 Å². The second-order valence-electron chi connectivity index (χ2n) is 7.69. The van der Waals surface area contributed by atoms with Crippen LogP contribution in [0.5, 0.6) is 0 Å². The van der Waals surface area contributed by atoms with E-state index in [1.54, 1.807) is 0 Å². The zero-order chi connectivity index (χ0) is 22.3. The SMILES string of the molecule is CCCCCC(CC)COC(=O)CC(C(=O)OCC(CC)CCCC)S(=O)(=O)[O-]. The fourth-order valence-electron chi connectivity index (χ4n) is 3.00. The molecule has 29 heavy (non-hydrogen) atoms. The molecule has 0 saturated heterocycles. The van der Waals surface area contributed by atoms with E-state index < -0.39 is 33.7 Å². The van der Waals surface area contributed by atoms with E-state index in [0.29, 0.717) is 0 Å².